The summed E-state index contributed by atoms with van der Waals surface area (Å²) in [5.74, 6) is 0.599. The fourth-order valence-electron chi connectivity index (χ4n) is 3.63. The van der Waals surface area contributed by atoms with Crippen LogP contribution in [-0.2, 0) is 27.8 Å². The largest absolute Gasteiger partial charge is 0.328 e. The zero-order valence-corrected chi connectivity index (χ0v) is 18.4. The van der Waals surface area contributed by atoms with Crippen LogP contribution in [0.5, 0.6) is 0 Å². The summed E-state index contributed by atoms with van der Waals surface area (Å²) in [6.07, 6.45) is 3.21. The van der Waals surface area contributed by atoms with Crippen molar-refractivity contribution in [3.8, 4) is 11.3 Å². The molecule has 9 nitrogen and oxygen atoms in total. The van der Waals surface area contributed by atoms with Gasteiger partial charge in [-0.05, 0) is 42.8 Å². The van der Waals surface area contributed by atoms with Crippen molar-refractivity contribution in [3.05, 3.63) is 60.6 Å². The Bertz CT molecular complexity index is 1360. The second kappa shape index (κ2) is 8.93. The lowest BCUT2D eigenvalue weighted by atomic mass is 10.1. The first-order valence-corrected chi connectivity index (χ1v) is 11.8. The second-order valence-corrected chi connectivity index (χ2v) is 9.04. The summed E-state index contributed by atoms with van der Waals surface area (Å²) in [7, 11) is -3.81. The Kier molecular flexibility index (Phi) is 6.06. The van der Waals surface area contributed by atoms with E-state index in [1.165, 1.54) is 12.1 Å². The van der Waals surface area contributed by atoms with E-state index < -0.39 is 10.0 Å². The molecule has 166 valence electrons. The number of sulfonamides is 1. The van der Waals surface area contributed by atoms with E-state index in [1.807, 2.05) is 41.8 Å². The maximum atomic E-state index is 12.6. The minimum atomic E-state index is -3.81. The lowest BCUT2D eigenvalue weighted by Crippen LogP contribution is -2.14. The van der Waals surface area contributed by atoms with Crippen LogP contribution in [0.2, 0.25) is 0 Å². The minimum Gasteiger partial charge on any atom is -0.328 e. The molecule has 2 heterocycles. The van der Waals surface area contributed by atoms with Crippen LogP contribution in [-0.4, -0.2) is 34.1 Å². The molecule has 4 aromatic rings. The summed E-state index contributed by atoms with van der Waals surface area (Å²) in [6.45, 7) is 2.77. The number of aromatic amines is 1. The minimum absolute atomic E-state index is 0.0209. The molecule has 2 aromatic carbocycles. The molecule has 0 spiro atoms. The summed E-state index contributed by atoms with van der Waals surface area (Å²) >= 11 is 0. The molecule has 4 rings (SSSR count). The number of hydrogen-bond donors (Lipinski definition) is 3. The monoisotopic (exact) mass is 452 g/mol. The van der Waals surface area contributed by atoms with Crippen molar-refractivity contribution in [3.63, 3.8) is 0 Å². The highest BCUT2D eigenvalue weighted by atomic mass is 32.2. The summed E-state index contributed by atoms with van der Waals surface area (Å²) in [6, 6.07) is 14.0. The van der Waals surface area contributed by atoms with E-state index >= 15 is 0 Å². The molecule has 1 amide bonds. The van der Waals surface area contributed by atoms with E-state index in [1.54, 1.807) is 12.3 Å². The van der Waals surface area contributed by atoms with Crippen LogP contribution in [0.1, 0.15) is 25.6 Å². The molecule has 0 radical (unpaired) electrons. The molecule has 4 N–H and O–H groups in total. The van der Waals surface area contributed by atoms with Crippen LogP contribution < -0.4 is 10.5 Å². The van der Waals surface area contributed by atoms with E-state index in [0.29, 0.717) is 24.2 Å². The average Bonchev–Trinajstić information content (AvgIpc) is 3.40. The number of aryl methyl sites for hydroxylation is 2. The van der Waals surface area contributed by atoms with Gasteiger partial charge < -0.3 is 9.88 Å². The number of rotatable bonds is 8. The first-order valence-electron chi connectivity index (χ1n) is 10.3. The number of aromatic nitrogens is 4. The Morgan fingerprint density at radius 2 is 2.03 bits per heavy atom. The van der Waals surface area contributed by atoms with Gasteiger partial charge >= 0.3 is 0 Å². The number of imidazole rings is 1. The fourth-order valence-corrected chi connectivity index (χ4v) is 4.16. The van der Waals surface area contributed by atoms with Gasteiger partial charge in [-0.3, -0.25) is 9.89 Å². The Morgan fingerprint density at radius 3 is 2.75 bits per heavy atom. The van der Waals surface area contributed by atoms with Crippen LogP contribution in [0.4, 0.5) is 5.69 Å². The summed E-state index contributed by atoms with van der Waals surface area (Å²) in [4.78, 5) is 17.2. The molecule has 0 saturated heterocycles. The molecule has 10 heteroatoms. The number of nitrogens with two attached hydrogens (primary N) is 1. The van der Waals surface area contributed by atoms with Gasteiger partial charge in [-0.2, -0.15) is 5.10 Å². The van der Waals surface area contributed by atoms with Crippen molar-refractivity contribution >= 4 is 32.7 Å². The van der Waals surface area contributed by atoms with E-state index in [4.69, 9.17) is 5.14 Å². The Hall–Kier alpha value is -3.50. The van der Waals surface area contributed by atoms with Gasteiger partial charge in [0.1, 0.15) is 5.82 Å². The van der Waals surface area contributed by atoms with Gasteiger partial charge in [0, 0.05) is 36.8 Å². The lowest BCUT2D eigenvalue weighted by Gasteiger charge is -2.09. The van der Waals surface area contributed by atoms with Crippen molar-refractivity contribution in [1.82, 2.24) is 19.7 Å². The third-order valence-electron chi connectivity index (χ3n) is 5.11. The second-order valence-electron chi connectivity index (χ2n) is 7.47. The van der Waals surface area contributed by atoms with Gasteiger partial charge in [0.25, 0.3) is 0 Å². The first-order chi connectivity index (χ1) is 15.3. The fraction of sp³-hybridized carbons (Fsp3) is 0.227. The van der Waals surface area contributed by atoms with Gasteiger partial charge in [0.05, 0.1) is 21.6 Å². The summed E-state index contributed by atoms with van der Waals surface area (Å²) in [5, 5.41) is 15.0. The average molecular weight is 453 g/mol. The zero-order valence-electron chi connectivity index (χ0n) is 17.6. The molecule has 0 atom stereocenters. The molecule has 0 aliphatic carbocycles. The van der Waals surface area contributed by atoms with Crippen LogP contribution in [0.15, 0.2) is 59.6 Å². The van der Waals surface area contributed by atoms with Crippen LogP contribution in [0.25, 0.3) is 22.3 Å². The van der Waals surface area contributed by atoms with E-state index in [-0.39, 0.29) is 17.2 Å². The number of amides is 1. The number of primary sulfonamides is 1. The van der Waals surface area contributed by atoms with Crippen LogP contribution in [0.3, 0.4) is 0 Å². The number of nitrogens with one attached hydrogen (secondary N) is 2. The van der Waals surface area contributed by atoms with Crippen molar-refractivity contribution in [1.29, 1.82) is 0 Å². The molecule has 0 saturated carbocycles. The Morgan fingerprint density at radius 1 is 1.19 bits per heavy atom. The Balaban J connectivity index is 1.50. The highest BCUT2D eigenvalue weighted by molar-refractivity contribution is 7.89. The summed E-state index contributed by atoms with van der Waals surface area (Å²) in [5.41, 5.74) is 3.86. The number of benzene rings is 2. The van der Waals surface area contributed by atoms with Crippen molar-refractivity contribution in [2.24, 2.45) is 5.14 Å². The maximum Gasteiger partial charge on any atom is 0.238 e. The highest BCUT2D eigenvalue weighted by Crippen LogP contribution is 2.23. The normalized spacial score (nSPS) is 11.7. The topological polar surface area (TPSA) is 136 Å². The van der Waals surface area contributed by atoms with Gasteiger partial charge in [-0.25, -0.2) is 18.5 Å². The third kappa shape index (κ3) is 4.71. The van der Waals surface area contributed by atoms with Crippen LogP contribution >= 0.6 is 0 Å². The molecule has 32 heavy (non-hydrogen) atoms. The number of anilines is 1. The molecule has 0 fully saturated rings. The number of carbonyl (C=O) groups excluding carboxylic acids is 1. The quantitative estimate of drug-likeness (QED) is 0.377. The predicted molar refractivity (Wildman–Crippen MR) is 122 cm³/mol. The smallest absolute Gasteiger partial charge is 0.238 e. The predicted octanol–water partition coefficient (Wildman–Crippen LogP) is 3.06. The molecule has 0 aliphatic rings. The number of carbonyl (C=O) groups is 1. The SMILES string of the molecule is CCCn1c(CCC(=O)Nc2cccc(-c3ccn[nH]3)c2)nc2cc(S(N)(=O)=O)ccc21. The molecule has 0 bridgehead atoms. The number of nitrogens with zero attached hydrogens (tertiary/aromatic N) is 3. The molecular formula is C22H24N6O3S. The highest BCUT2D eigenvalue weighted by Gasteiger charge is 2.15. The van der Waals surface area contributed by atoms with Gasteiger partial charge in [-0.15, -0.1) is 0 Å². The molecule has 2 aromatic heterocycles. The van der Waals surface area contributed by atoms with Gasteiger partial charge in [0.2, 0.25) is 15.9 Å². The number of fused-ring (bicyclic) bond motifs is 1. The lowest BCUT2D eigenvalue weighted by molar-refractivity contribution is -0.116. The number of hydrogen-bond acceptors (Lipinski definition) is 5. The number of H-pyrrole nitrogens is 1. The van der Waals surface area contributed by atoms with E-state index in [9.17, 15) is 13.2 Å². The van der Waals surface area contributed by atoms with Crippen LogP contribution in [0, 0.1) is 0 Å². The maximum absolute atomic E-state index is 12.6. The standard InChI is InChI=1S/C22H24N6O3S/c1-2-12-28-20-7-6-17(32(23,30)31)14-19(20)26-21(28)8-9-22(29)25-16-5-3-4-15(13-16)18-10-11-24-27-18/h3-7,10-11,13-14H,2,8-9,12H2,1H3,(H,24,27)(H,25,29)(H2,23,30,31). The molecule has 0 unspecified atom stereocenters. The zero-order chi connectivity index (χ0) is 22.7. The molecule has 0 aliphatic heterocycles. The van der Waals surface area contributed by atoms with Crippen molar-refractivity contribution < 1.29 is 13.2 Å². The van der Waals surface area contributed by atoms with Gasteiger partial charge in [-0.1, -0.05) is 19.1 Å². The van der Waals surface area contributed by atoms with E-state index in [2.05, 4.69) is 20.5 Å². The van der Waals surface area contributed by atoms with Crippen molar-refractivity contribution in [2.45, 2.75) is 37.6 Å². The third-order valence-corrected chi connectivity index (χ3v) is 6.02. The van der Waals surface area contributed by atoms with Gasteiger partial charge in [0.15, 0.2) is 0 Å². The Labute approximate surface area is 185 Å². The summed E-state index contributed by atoms with van der Waals surface area (Å²) < 4.78 is 25.4. The van der Waals surface area contributed by atoms with Crippen molar-refractivity contribution in [2.75, 3.05) is 5.32 Å². The van der Waals surface area contributed by atoms with E-state index in [0.717, 1.165) is 29.0 Å². The molecular weight excluding hydrogens is 428 g/mol. The first kappa shape index (κ1) is 21.7.